The lowest BCUT2D eigenvalue weighted by Crippen LogP contribution is -2.26. The number of ether oxygens (including phenoxy) is 1. The normalized spacial score (nSPS) is 10.3. The van der Waals surface area contributed by atoms with Crippen LogP contribution in [0, 0.1) is 6.92 Å². The molecular formula is C21H19N3O4. The minimum absolute atomic E-state index is 0.0429. The molecule has 0 aliphatic carbocycles. The predicted molar refractivity (Wildman–Crippen MR) is 104 cm³/mol. The minimum Gasteiger partial charge on any atom is -0.451 e. The van der Waals surface area contributed by atoms with Crippen molar-refractivity contribution in [2.45, 2.75) is 13.5 Å². The lowest BCUT2D eigenvalue weighted by atomic mass is 10.2. The molecule has 7 nitrogen and oxygen atoms in total. The van der Waals surface area contributed by atoms with E-state index in [1.54, 1.807) is 12.1 Å². The van der Waals surface area contributed by atoms with Crippen LogP contribution in [0.1, 0.15) is 21.6 Å². The van der Waals surface area contributed by atoms with Gasteiger partial charge in [0.15, 0.2) is 12.3 Å². The Morgan fingerprint density at radius 3 is 2.43 bits per heavy atom. The molecular weight excluding hydrogens is 358 g/mol. The quantitative estimate of drug-likeness (QED) is 0.666. The maximum absolute atomic E-state index is 12.2. The Bertz CT molecular complexity index is 1030. The summed E-state index contributed by atoms with van der Waals surface area (Å²) >= 11 is 0. The summed E-state index contributed by atoms with van der Waals surface area (Å²) in [6, 6.07) is 19.1. The van der Waals surface area contributed by atoms with Gasteiger partial charge in [-0.25, -0.2) is 9.48 Å². The van der Waals surface area contributed by atoms with Crippen molar-refractivity contribution in [3.63, 3.8) is 0 Å². The number of nitrogens with zero attached hydrogens (tertiary/aromatic N) is 2. The number of rotatable bonds is 6. The lowest BCUT2D eigenvalue weighted by Gasteiger charge is -2.08. The van der Waals surface area contributed by atoms with Crippen molar-refractivity contribution in [2.24, 2.45) is 0 Å². The van der Waals surface area contributed by atoms with Crippen molar-refractivity contribution in [2.75, 3.05) is 11.9 Å². The number of esters is 1. The highest BCUT2D eigenvalue weighted by Crippen LogP contribution is 2.08. The van der Waals surface area contributed by atoms with Gasteiger partial charge in [-0.1, -0.05) is 48.0 Å². The Labute approximate surface area is 161 Å². The summed E-state index contributed by atoms with van der Waals surface area (Å²) in [6.45, 7) is 1.72. The molecule has 7 heteroatoms. The minimum atomic E-state index is -0.777. The summed E-state index contributed by atoms with van der Waals surface area (Å²) in [5, 5.41) is 6.67. The van der Waals surface area contributed by atoms with Gasteiger partial charge in [-0.05, 0) is 30.7 Å². The van der Waals surface area contributed by atoms with E-state index < -0.39 is 18.5 Å². The lowest BCUT2D eigenvalue weighted by molar-refractivity contribution is -0.119. The van der Waals surface area contributed by atoms with Crippen LogP contribution in [0.5, 0.6) is 0 Å². The number of anilines is 1. The molecule has 142 valence electrons. The topological polar surface area (TPSA) is 90.3 Å². The SMILES string of the molecule is Cc1ccc(NC(=O)COC(=O)c2ccc(=O)n(Cc3ccccc3)n2)cc1. The van der Waals surface area contributed by atoms with Gasteiger partial charge in [-0.15, -0.1) is 0 Å². The molecule has 1 N–H and O–H groups in total. The molecule has 28 heavy (non-hydrogen) atoms. The fourth-order valence-corrected chi connectivity index (χ4v) is 2.47. The number of amides is 1. The van der Waals surface area contributed by atoms with Gasteiger partial charge in [0.2, 0.25) is 0 Å². The van der Waals surface area contributed by atoms with Crippen LogP contribution < -0.4 is 10.9 Å². The van der Waals surface area contributed by atoms with E-state index in [1.165, 1.54) is 16.8 Å². The fraction of sp³-hybridized carbons (Fsp3) is 0.143. The van der Waals surface area contributed by atoms with Gasteiger partial charge in [0, 0.05) is 11.8 Å². The van der Waals surface area contributed by atoms with E-state index in [1.807, 2.05) is 49.4 Å². The summed E-state index contributed by atoms with van der Waals surface area (Å²) < 4.78 is 6.18. The van der Waals surface area contributed by atoms with Gasteiger partial charge < -0.3 is 10.1 Å². The number of nitrogens with one attached hydrogen (secondary N) is 1. The Kier molecular flexibility index (Phi) is 5.96. The molecule has 1 heterocycles. The van der Waals surface area contributed by atoms with E-state index in [9.17, 15) is 14.4 Å². The average molecular weight is 377 g/mol. The maximum atomic E-state index is 12.2. The van der Waals surface area contributed by atoms with Gasteiger partial charge in [0.25, 0.3) is 11.5 Å². The smallest absolute Gasteiger partial charge is 0.359 e. The molecule has 0 radical (unpaired) electrons. The number of aromatic nitrogens is 2. The summed E-state index contributed by atoms with van der Waals surface area (Å²) in [5.74, 6) is -1.24. The molecule has 0 bridgehead atoms. The van der Waals surface area contributed by atoms with E-state index in [0.29, 0.717) is 5.69 Å². The number of benzene rings is 2. The van der Waals surface area contributed by atoms with Crippen LogP contribution in [0.3, 0.4) is 0 Å². The second kappa shape index (κ2) is 8.77. The van der Waals surface area contributed by atoms with E-state index in [0.717, 1.165) is 11.1 Å². The summed E-state index contributed by atoms with van der Waals surface area (Å²) in [7, 11) is 0. The zero-order valence-electron chi connectivity index (χ0n) is 15.3. The summed E-state index contributed by atoms with van der Waals surface area (Å²) in [6.07, 6.45) is 0. The van der Waals surface area contributed by atoms with Gasteiger partial charge in [0.1, 0.15) is 0 Å². The number of carbonyl (C=O) groups excluding carboxylic acids is 2. The highest BCUT2D eigenvalue weighted by atomic mass is 16.5. The molecule has 0 spiro atoms. The first-order chi connectivity index (χ1) is 13.5. The van der Waals surface area contributed by atoms with Crippen LogP contribution in [0.2, 0.25) is 0 Å². The molecule has 1 aromatic heterocycles. The number of hydrogen-bond acceptors (Lipinski definition) is 5. The molecule has 0 unspecified atom stereocenters. The number of carbonyl (C=O) groups is 2. The first-order valence-electron chi connectivity index (χ1n) is 8.67. The Balaban J connectivity index is 1.61. The predicted octanol–water partition coefficient (Wildman–Crippen LogP) is 2.40. The average Bonchev–Trinajstić information content (AvgIpc) is 2.70. The van der Waals surface area contributed by atoms with Gasteiger partial charge in [-0.3, -0.25) is 9.59 Å². The molecule has 0 atom stereocenters. The van der Waals surface area contributed by atoms with Crippen LogP contribution in [-0.2, 0) is 16.1 Å². The Morgan fingerprint density at radius 2 is 1.71 bits per heavy atom. The molecule has 0 saturated heterocycles. The standard InChI is InChI=1S/C21H19N3O4/c1-15-7-9-17(10-8-15)22-19(25)14-28-21(27)18-11-12-20(26)24(23-18)13-16-5-3-2-4-6-16/h2-12H,13-14H2,1H3,(H,22,25). The van der Waals surface area contributed by atoms with Crippen molar-refractivity contribution in [3.8, 4) is 0 Å². The second-order valence-electron chi connectivity index (χ2n) is 6.19. The third kappa shape index (κ3) is 5.14. The molecule has 0 fully saturated rings. The van der Waals surface area contributed by atoms with E-state index >= 15 is 0 Å². The van der Waals surface area contributed by atoms with Crippen LogP contribution in [0.4, 0.5) is 5.69 Å². The molecule has 2 aromatic carbocycles. The molecule has 1 amide bonds. The van der Waals surface area contributed by atoms with Crippen LogP contribution in [0.25, 0.3) is 0 Å². The van der Waals surface area contributed by atoms with Crippen LogP contribution >= 0.6 is 0 Å². The number of hydrogen-bond donors (Lipinski definition) is 1. The highest BCUT2D eigenvalue weighted by molar-refractivity contribution is 5.94. The van der Waals surface area contributed by atoms with Crippen LogP contribution in [0.15, 0.2) is 71.5 Å². The van der Waals surface area contributed by atoms with E-state index in [4.69, 9.17) is 4.74 Å². The molecule has 3 rings (SSSR count). The zero-order valence-corrected chi connectivity index (χ0v) is 15.3. The van der Waals surface area contributed by atoms with E-state index in [-0.39, 0.29) is 17.8 Å². The van der Waals surface area contributed by atoms with Crippen molar-refractivity contribution in [3.05, 3.63) is 93.9 Å². The van der Waals surface area contributed by atoms with Crippen molar-refractivity contribution in [1.82, 2.24) is 9.78 Å². The fourth-order valence-electron chi connectivity index (χ4n) is 2.47. The number of aryl methyl sites for hydroxylation is 1. The van der Waals surface area contributed by atoms with Gasteiger partial charge in [-0.2, -0.15) is 5.10 Å². The van der Waals surface area contributed by atoms with E-state index in [2.05, 4.69) is 10.4 Å². The van der Waals surface area contributed by atoms with Crippen molar-refractivity contribution >= 4 is 17.6 Å². The third-order valence-corrected chi connectivity index (χ3v) is 3.92. The Morgan fingerprint density at radius 1 is 1.00 bits per heavy atom. The maximum Gasteiger partial charge on any atom is 0.359 e. The first-order valence-corrected chi connectivity index (χ1v) is 8.67. The zero-order chi connectivity index (χ0) is 19.9. The first kappa shape index (κ1) is 19.0. The Hall–Kier alpha value is -3.74. The van der Waals surface area contributed by atoms with Crippen LogP contribution in [-0.4, -0.2) is 28.3 Å². The molecule has 0 aliphatic rings. The molecule has 0 saturated carbocycles. The summed E-state index contributed by atoms with van der Waals surface area (Å²) in [4.78, 5) is 36.1. The molecule has 0 aliphatic heterocycles. The molecule has 3 aromatic rings. The summed E-state index contributed by atoms with van der Waals surface area (Å²) in [5.41, 5.74) is 2.18. The van der Waals surface area contributed by atoms with Gasteiger partial charge >= 0.3 is 5.97 Å². The van der Waals surface area contributed by atoms with Crippen molar-refractivity contribution < 1.29 is 14.3 Å². The highest BCUT2D eigenvalue weighted by Gasteiger charge is 2.14. The van der Waals surface area contributed by atoms with Crippen molar-refractivity contribution in [1.29, 1.82) is 0 Å². The monoisotopic (exact) mass is 377 g/mol. The largest absolute Gasteiger partial charge is 0.451 e. The third-order valence-electron chi connectivity index (χ3n) is 3.92. The van der Waals surface area contributed by atoms with Gasteiger partial charge in [0.05, 0.1) is 6.54 Å². The second-order valence-corrected chi connectivity index (χ2v) is 6.19.